The number of nitrogens with zero attached hydrogens (tertiary/aromatic N) is 3. The lowest BCUT2D eigenvalue weighted by atomic mass is 10.0. The molecule has 7 nitrogen and oxygen atoms in total. The third-order valence-corrected chi connectivity index (χ3v) is 6.37. The molecule has 0 atom stereocenters. The van der Waals surface area contributed by atoms with Gasteiger partial charge in [0.05, 0.1) is 10.9 Å². The van der Waals surface area contributed by atoms with Gasteiger partial charge in [0, 0.05) is 29.5 Å². The van der Waals surface area contributed by atoms with Crippen LogP contribution in [-0.2, 0) is 16.4 Å². The number of aromatic nitrogens is 3. The summed E-state index contributed by atoms with van der Waals surface area (Å²) in [5.41, 5.74) is 8.86. The van der Waals surface area contributed by atoms with Crippen LogP contribution in [0, 0.1) is 0 Å². The standard InChI is InChI=1S/C18H19N5O2S/c1-2-11-5-6-20-9-14(11)16-7-12-8-17(21-10-15(12)18(19)22-16)23-26(24,25)13-3-4-13/h5-10,13H,2-4H2,1H3,(H2,19,22)(H,21,23). The van der Waals surface area contributed by atoms with E-state index in [2.05, 4.69) is 26.6 Å². The highest BCUT2D eigenvalue weighted by Crippen LogP contribution is 2.31. The van der Waals surface area contributed by atoms with Crippen LogP contribution in [0.5, 0.6) is 0 Å². The van der Waals surface area contributed by atoms with Crippen molar-refractivity contribution in [3.8, 4) is 11.3 Å². The number of aryl methyl sites for hydroxylation is 1. The number of rotatable bonds is 5. The molecule has 0 aliphatic heterocycles. The van der Waals surface area contributed by atoms with Gasteiger partial charge in [-0.1, -0.05) is 6.92 Å². The predicted molar refractivity (Wildman–Crippen MR) is 102 cm³/mol. The van der Waals surface area contributed by atoms with Crippen molar-refractivity contribution in [1.82, 2.24) is 15.0 Å². The summed E-state index contributed by atoms with van der Waals surface area (Å²) >= 11 is 0. The lowest BCUT2D eigenvalue weighted by molar-refractivity contribution is 0.600. The molecule has 1 saturated carbocycles. The molecule has 0 radical (unpaired) electrons. The second-order valence-electron chi connectivity index (χ2n) is 6.42. The fourth-order valence-corrected chi connectivity index (χ4v) is 4.26. The Bertz CT molecular complexity index is 1090. The van der Waals surface area contributed by atoms with Gasteiger partial charge < -0.3 is 5.73 Å². The van der Waals surface area contributed by atoms with E-state index in [9.17, 15) is 8.42 Å². The minimum Gasteiger partial charge on any atom is -0.383 e. The largest absolute Gasteiger partial charge is 0.383 e. The number of hydrogen-bond donors (Lipinski definition) is 2. The Morgan fingerprint density at radius 3 is 2.81 bits per heavy atom. The normalized spacial score (nSPS) is 14.5. The van der Waals surface area contributed by atoms with Crippen molar-refractivity contribution >= 4 is 32.4 Å². The van der Waals surface area contributed by atoms with Crippen molar-refractivity contribution in [3.05, 3.63) is 42.4 Å². The fraction of sp³-hybridized carbons (Fsp3) is 0.278. The average molecular weight is 369 g/mol. The number of pyridine rings is 3. The van der Waals surface area contributed by atoms with E-state index < -0.39 is 10.0 Å². The zero-order chi connectivity index (χ0) is 18.3. The van der Waals surface area contributed by atoms with Crippen LogP contribution in [0.15, 0.2) is 36.8 Å². The SMILES string of the molecule is CCc1ccncc1-c1cc2cc(NS(=O)(=O)C3CC3)ncc2c(N)n1. The molecule has 26 heavy (non-hydrogen) atoms. The predicted octanol–water partition coefficient (Wildman–Crippen LogP) is 2.74. The Morgan fingerprint density at radius 2 is 2.08 bits per heavy atom. The van der Waals surface area contributed by atoms with Crippen LogP contribution in [-0.4, -0.2) is 28.6 Å². The topological polar surface area (TPSA) is 111 Å². The van der Waals surface area contributed by atoms with Gasteiger partial charge in [0.1, 0.15) is 11.6 Å². The molecule has 3 aromatic heterocycles. The third kappa shape index (κ3) is 3.08. The Kier molecular flexibility index (Phi) is 3.99. The molecule has 134 valence electrons. The quantitative estimate of drug-likeness (QED) is 0.715. The number of anilines is 2. The van der Waals surface area contributed by atoms with Gasteiger partial charge in [0.2, 0.25) is 10.0 Å². The molecule has 3 heterocycles. The highest BCUT2D eigenvalue weighted by atomic mass is 32.2. The Hall–Kier alpha value is -2.74. The second kappa shape index (κ2) is 6.21. The van der Waals surface area contributed by atoms with Crippen molar-refractivity contribution in [1.29, 1.82) is 0 Å². The van der Waals surface area contributed by atoms with E-state index in [0.29, 0.717) is 35.6 Å². The smallest absolute Gasteiger partial charge is 0.236 e. The first-order valence-corrected chi connectivity index (χ1v) is 10.0. The molecule has 1 fully saturated rings. The summed E-state index contributed by atoms with van der Waals surface area (Å²) in [4.78, 5) is 12.8. The zero-order valence-corrected chi connectivity index (χ0v) is 15.1. The molecule has 3 N–H and O–H groups in total. The van der Waals surface area contributed by atoms with Crippen LogP contribution in [0.3, 0.4) is 0 Å². The van der Waals surface area contributed by atoms with Crippen molar-refractivity contribution in [2.45, 2.75) is 31.4 Å². The Balaban J connectivity index is 1.79. The summed E-state index contributed by atoms with van der Waals surface area (Å²) in [6, 6.07) is 5.54. The fourth-order valence-electron chi connectivity index (χ4n) is 2.94. The first-order valence-electron chi connectivity index (χ1n) is 8.49. The summed E-state index contributed by atoms with van der Waals surface area (Å²) in [5, 5.41) is 1.16. The first kappa shape index (κ1) is 16.7. The average Bonchev–Trinajstić information content (AvgIpc) is 3.46. The molecule has 0 bridgehead atoms. The van der Waals surface area contributed by atoms with Crippen LogP contribution in [0.1, 0.15) is 25.3 Å². The van der Waals surface area contributed by atoms with Crippen molar-refractivity contribution in [2.24, 2.45) is 0 Å². The molecule has 0 aromatic carbocycles. The highest BCUT2D eigenvalue weighted by molar-refractivity contribution is 7.93. The van der Waals surface area contributed by atoms with Gasteiger partial charge in [-0.15, -0.1) is 0 Å². The maximum Gasteiger partial charge on any atom is 0.236 e. The molecule has 1 aliphatic rings. The summed E-state index contributed by atoms with van der Waals surface area (Å²) < 4.78 is 26.8. The number of fused-ring (bicyclic) bond motifs is 1. The summed E-state index contributed by atoms with van der Waals surface area (Å²) in [7, 11) is -3.36. The zero-order valence-electron chi connectivity index (χ0n) is 14.3. The lowest BCUT2D eigenvalue weighted by Crippen LogP contribution is -2.18. The number of nitrogen functional groups attached to an aromatic ring is 1. The maximum atomic E-state index is 12.1. The minimum atomic E-state index is -3.36. The summed E-state index contributed by atoms with van der Waals surface area (Å²) in [5.74, 6) is 0.648. The molecule has 4 rings (SSSR count). The van der Waals surface area contributed by atoms with Gasteiger partial charge in [-0.25, -0.2) is 18.4 Å². The summed E-state index contributed by atoms with van der Waals surface area (Å²) in [6.07, 6.45) is 7.32. The minimum absolute atomic E-state index is 0.294. The number of hydrogen-bond acceptors (Lipinski definition) is 6. The maximum absolute atomic E-state index is 12.1. The highest BCUT2D eigenvalue weighted by Gasteiger charge is 2.36. The number of sulfonamides is 1. The molecule has 0 amide bonds. The first-order chi connectivity index (χ1) is 12.5. The van der Waals surface area contributed by atoms with Gasteiger partial charge in [-0.2, -0.15) is 0 Å². The Morgan fingerprint density at radius 1 is 1.27 bits per heavy atom. The molecule has 0 saturated heterocycles. The van der Waals surface area contributed by atoms with Crippen molar-refractivity contribution in [2.75, 3.05) is 10.5 Å². The molecular weight excluding hydrogens is 350 g/mol. The van der Waals surface area contributed by atoms with Gasteiger partial charge in [0.15, 0.2) is 0 Å². The summed E-state index contributed by atoms with van der Waals surface area (Å²) in [6.45, 7) is 2.07. The van der Waals surface area contributed by atoms with Crippen molar-refractivity contribution in [3.63, 3.8) is 0 Å². The monoisotopic (exact) mass is 369 g/mol. The van der Waals surface area contributed by atoms with Crippen molar-refractivity contribution < 1.29 is 8.42 Å². The number of nitrogens with two attached hydrogens (primary N) is 1. The molecule has 3 aromatic rings. The van der Waals surface area contributed by atoms with Crippen LogP contribution >= 0.6 is 0 Å². The Labute approximate surface area is 151 Å². The van der Waals surface area contributed by atoms with E-state index in [4.69, 9.17) is 5.73 Å². The molecule has 0 unspecified atom stereocenters. The van der Waals surface area contributed by atoms with Gasteiger partial charge in [-0.3, -0.25) is 9.71 Å². The van der Waals surface area contributed by atoms with Gasteiger partial charge >= 0.3 is 0 Å². The van der Waals surface area contributed by atoms with Gasteiger partial charge in [0.25, 0.3) is 0 Å². The molecular formula is C18H19N5O2S. The van der Waals surface area contributed by atoms with E-state index in [1.165, 1.54) is 0 Å². The van der Waals surface area contributed by atoms with Gasteiger partial charge in [-0.05, 0) is 48.4 Å². The van der Waals surface area contributed by atoms with E-state index in [1.54, 1.807) is 24.7 Å². The van der Waals surface area contributed by atoms with Crippen LogP contribution in [0.25, 0.3) is 22.0 Å². The van der Waals surface area contributed by atoms with Crippen LogP contribution in [0.2, 0.25) is 0 Å². The van der Waals surface area contributed by atoms with E-state index in [1.807, 2.05) is 12.1 Å². The molecule has 8 heteroatoms. The molecule has 0 spiro atoms. The molecule has 1 aliphatic carbocycles. The third-order valence-electron chi connectivity index (χ3n) is 4.52. The second-order valence-corrected chi connectivity index (χ2v) is 8.38. The van der Waals surface area contributed by atoms with E-state index >= 15 is 0 Å². The van der Waals surface area contributed by atoms with E-state index in [-0.39, 0.29) is 5.25 Å². The van der Waals surface area contributed by atoms with Crippen LogP contribution in [0.4, 0.5) is 11.6 Å². The van der Waals surface area contributed by atoms with E-state index in [0.717, 1.165) is 22.9 Å². The lowest BCUT2D eigenvalue weighted by Gasteiger charge is -2.11. The van der Waals surface area contributed by atoms with Crippen LogP contribution < -0.4 is 10.5 Å². The number of nitrogens with one attached hydrogen (secondary N) is 1.